The van der Waals surface area contributed by atoms with Crippen LogP contribution in [0, 0.1) is 12.7 Å². The average molecular weight is 177 g/mol. The van der Waals surface area contributed by atoms with E-state index in [1.54, 1.807) is 18.3 Å². The standard InChI is InChI=1S/C10H8FNO/c1-6-5-12-10(13)9-7(6)3-2-4-8(9)11/h2-5H,1H3,(H,12,13). The molecule has 0 fully saturated rings. The summed E-state index contributed by atoms with van der Waals surface area (Å²) in [6.07, 6.45) is 1.59. The average Bonchev–Trinajstić information content (AvgIpc) is 2.12. The van der Waals surface area contributed by atoms with Gasteiger partial charge in [-0.15, -0.1) is 0 Å². The summed E-state index contributed by atoms with van der Waals surface area (Å²) in [4.78, 5) is 13.7. The molecular formula is C10H8FNO. The molecule has 0 atom stereocenters. The van der Waals surface area contributed by atoms with E-state index in [0.29, 0.717) is 5.39 Å². The Morgan fingerprint density at radius 1 is 1.38 bits per heavy atom. The molecule has 1 aromatic carbocycles. The molecule has 0 aliphatic heterocycles. The second-order valence-corrected chi connectivity index (χ2v) is 2.96. The van der Waals surface area contributed by atoms with E-state index in [1.165, 1.54) is 6.07 Å². The molecular weight excluding hydrogens is 169 g/mol. The molecule has 1 N–H and O–H groups in total. The number of nitrogens with one attached hydrogen (secondary N) is 1. The number of H-pyrrole nitrogens is 1. The van der Waals surface area contributed by atoms with Gasteiger partial charge in [-0.25, -0.2) is 4.39 Å². The van der Waals surface area contributed by atoms with Crippen LogP contribution < -0.4 is 5.56 Å². The first kappa shape index (κ1) is 7.98. The van der Waals surface area contributed by atoms with Gasteiger partial charge in [-0.3, -0.25) is 4.79 Å². The fraction of sp³-hybridized carbons (Fsp3) is 0.100. The summed E-state index contributed by atoms with van der Waals surface area (Å²) in [7, 11) is 0. The summed E-state index contributed by atoms with van der Waals surface area (Å²) in [5, 5.41) is 0.811. The second-order valence-electron chi connectivity index (χ2n) is 2.96. The number of aromatic amines is 1. The van der Waals surface area contributed by atoms with E-state index in [-0.39, 0.29) is 10.9 Å². The number of rotatable bonds is 0. The zero-order valence-electron chi connectivity index (χ0n) is 7.10. The van der Waals surface area contributed by atoms with Crippen LogP contribution in [0.25, 0.3) is 10.8 Å². The Balaban J connectivity index is 3.09. The molecule has 0 saturated carbocycles. The molecule has 3 heteroatoms. The van der Waals surface area contributed by atoms with Crippen LogP contribution >= 0.6 is 0 Å². The maximum atomic E-state index is 13.2. The highest BCUT2D eigenvalue weighted by atomic mass is 19.1. The largest absolute Gasteiger partial charge is 0.328 e. The first-order valence-electron chi connectivity index (χ1n) is 3.96. The van der Waals surface area contributed by atoms with Crippen LogP contribution in [0.15, 0.2) is 29.2 Å². The van der Waals surface area contributed by atoms with Crippen molar-refractivity contribution in [3.8, 4) is 0 Å². The lowest BCUT2D eigenvalue weighted by atomic mass is 10.1. The van der Waals surface area contributed by atoms with E-state index in [2.05, 4.69) is 4.98 Å². The Morgan fingerprint density at radius 3 is 2.85 bits per heavy atom. The van der Waals surface area contributed by atoms with Gasteiger partial charge >= 0.3 is 0 Å². The van der Waals surface area contributed by atoms with Gasteiger partial charge in [0.25, 0.3) is 5.56 Å². The highest BCUT2D eigenvalue weighted by molar-refractivity contribution is 5.84. The highest BCUT2D eigenvalue weighted by Crippen LogP contribution is 2.15. The van der Waals surface area contributed by atoms with Crippen molar-refractivity contribution in [1.82, 2.24) is 4.98 Å². The lowest BCUT2D eigenvalue weighted by Crippen LogP contribution is -2.07. The molecule has 1 heterocycles. The first-order valence-corrected chi connectivity index (χ1v) is 3.96. The lowest BCUT2D eigenvalue weighted by Gasteiger charge is -2.00. The number of halogens is 1. The third-order valence-corrected chi connectivity index (χ3v) is 2.09. The van der Waals surface area contributed by atoms with Gasteiger partial charge < -0.3 is 4.98 Å². The minimum absolute atomic E-state index is 0.141. The molecule has 2 aromatic rings. The molecule has 0 unspecified atom stereocenters. The van der Waals surface area contributed by atoms with E-state index in [9.17, 15) is 9.18 Å². The Kier molecular flexibility index (Phi) is 1.65. The fourth-order valence-corrected chi connectivity index (χ4v) is 1.41. The Bertz CT molecular complexity index is 516. The van der Waals surface area contributed by atoms with E-state index >= 15 is 0 Å². The molecule has 2 rings (SSSR count). The van der Waals surface area contributed by atoms with Crippen LogP contribution in [-0.4, -0.2) is 4.98 Å². The topological polar surface area (TPSA) is 32.9 Å². The summed E-state index contributed by atoms with van der Waals surface area (Å²) in [5.74, 6) is -0.470. The molecule has 66 valence electrons. The normalized spacial score (nSPS) is 10.6. The van der Waals surface area contributed by atoms with Crippen LogP contribution in [0.5, 0.6) is 0 Å². The molecule has 1 aromatic heterocycles. The van der Waals surface area contributed by atoms with Crippen molar-refractivity contribution >= 4 is 10.8 Å². The number of pyridine rings is 1. The third kappa shape index (κ3) is 1.13. The number of aryl methyl sites for hydroxylation is 1. The van der Waals surface area contributed by atoms with Crippen LogP contribution in [0.2, 0.25) is 0 Å². The minimum Gasteiger partial charge on any atom is -0.328 e. The van der Waals surface area contributed by atoms with Crippen molar-refractivity contribution < 1.29 is 4.39 Å². The van der Waals surface area contributed by atoms with Crippen molar-refractivity contribution in [3.05, 3.63) is 46.1 Å². The van der Waals surface area contributed by atoms with E-state index < -0.39 is 5.82 Å². The molecule has 0 amide bonds. The number of hydrogen-bond donors (Lipinski definition) is 1. The van der Waals surface area contributed by atoms with Gasteiger partial charge in [0.05, 0.1) is 5.39 Å². The molecule has 0 bridgehead atoms. The summed E-state index contributed by atoms with van der Waals surface area (Å²) >= 11 is 0. The van der Waals surface area contributed by atoms with Crippen LogP contribution in [0.4, 0.5) is 4.39 Å². The van der Waals surface area contributed by atoms with E-state index in [4.69, 9.17) is 0 Å². The van der Waals surface area contributed by atoms with Gasteiger partial charge in [0.15, 0.2) is 0 Å². The molecule has 0 aliphatic rings. The third-order valence-electron chi connectivity index (χ3n) is 2.09. The number of hydrogen-bond acceptors (Lipinski definition) is 1. The molecule has 0 radical (unpaired) electrons. The van der Waals surface area contributed by atoms with Gasteiger partial charge in [-0.2, -0.15) is 0 Å². The SMILES string of the molecule is Cc1c[nH]c(=O)c2c(F)cccc12. The van der Waals surface area contributed by atoms with Crippen molar-refractivity contribution in [2.75, 3.05) is 0 Å². The maximum absolute atomic E-state index is 13.2. The Labute approximate surface area is 74.0 Å². The van der Waals surface area contributed by atoms with Crippen LogP contribution in [0.1, 0.15) is 5.56 Å². The highest BCUT2D eigenvalue weighted by Gasteiger charge is 2.05. The first-order chi connectivity index (χ1) is 6.20. The molecule has 0 saturated heterocycles. The van der Waals surface area contributed by atoms with Gasteiger partial charge in [-0.1, -0.05) is 12.1 Å². The molecule has 0 aliphatic carbocycles. The fourth-order valence-electron chi connectivity index (χ4n) is 1.41. The Hall–Kier alpha value is -1.64. The molecule has 0 spiro atoms. The summed E-state index contributed by atoms with van der Waals surface area (Å²) in [5.41, 5.74) is 0.493. The van der Waals surface area contributed by atoms with Gasteiger partial charge in [-0.05, 0) is 23.9 Å². The number of fused-ring (bicyclic) bond motifs is 1. The van der Waals surface area contributed by atoms with Gasteiger partial charge in [0.2, 0.25) is 0 Å². The molecule has 2 nitrogen and oxygen atoms in total. The number of benzene rings is 1. The second kappa shape index (κ2) is 2.69. The van der Waals surface area contributed by atoms with Gasteiger partial charge in [0.1, 0.15) is 5.82 Å². The van der Waals surface area contributed by atoms with Crippen molar-refractivity contribution in [3.63, 3.8) is 0 Å². The predicted octanol–water partition coefficient (Wildman–Crippen LogP) is 1.98. The zero-order valence-corrected chi connectivity index (χ0v) is 7.10. The van der Waals surface area contributed by atoms with Crippen molar-refractivity contribution in [1.29, 1.82) is 0 Å². The smallest absolute Gasteiger partial charge is 0.258 e. The van der Waals surface area contributed by atoms with Crippen molar-refractivity contribution in [2.45, 2.75) is 6.92 Å². The zero-order chi connectivity index (χ0) is 9.42. The van der Waals surface area contributed by atoms with E-state index in [1.807, 2.05) is 6.92 Å². The lowest BCUT2D eigenvalue weighted by molar-refractivity contribution is 0.638. The van der Waals surface area contributed by atoms with Crippen LogP contribution in [0.3, 0.4) is 0 Å². The summed E-state index contributed by atoms with van der Waals surface area (Å²) in [6.45, 7) is 1.83. The summed E-state index contributed by atoms with van der Waals surface area (Å²) < 4.78 is 13.2. The van der Waals surface area contributed by atoms with Gasteiger partial charge in [0, 0.05) is 6.20 Å². The quantitative estimate of drug-likeness (QED) is 0.655. The van der Waals surface area contributed by atoms with E-state index in [0.717, 1.165) is 5.56 Å². The maximum Gasteiger partial charge on any atom is 0.258 e. The minimum atomic E-state index is -0.470. The predicted molar refractivity (Wildman–Crippen MR) is 49.3 cm³/mol. The number of aromatic nitrogens is 1. The monoisotopic (exact) mass is 177 g/mol. The van der Waals surface area contributed by atoms with Crippen molar-refractivity contribution in [2.24, 2.45) is 0 Å². The van der Waals surface area contributed by atoms with Crippen LogP contribution in [-0.2, 0) is 0 Å². The Morgan fingerprint density at radius 2 is 2.15 bits per heavy atom. The summed E-state index contributed by atoms with van der Waals surface area (Å²) in [6, 6.07) is 4.63. The molecule has 13 heavy (non-hydrogen) atoms.